The van der Waals surface area contributed by atoms with Crippen LogP contribution >= 0.6 is 0 Å². The molecule has 2 aromatic carbocycles. The number of nitrogens with two attached hydrogens (primary N) is 1. The Bertz CT molecular complexity index is 1670. The van der Waals surface area contributed by atoms with Crippen molar-refractivity contribution in [3.63, 3.8) is 0 Å². The number of nitrogens with one attached hydrogen (secondary N) is 2. The molecule has 1 aliphatic rings. The number of rotatable bonds is 8. The number of anilines is 2. The lowest BCUT2D eigenvalue weighted by Crippen LogP contribution is -2.33. The van der Waals surface area contributed by atoms with E-state index >= 15 is 4.39 Å². The maximum Gasteiger partial charge on any atom is 0.262 e. The van der Waals surface area contributed by atoms with Gasteiger partial charge in [-0.1, -0.05) is 39.0 Å². The summed E-state index contributed by atoms with van der Waals surface area (Å²) in [5.74, 6) is 0.0114. The van der Waals surface area contributed by atoms with Crippen LogP contribution in [0.4, 0.5) is 16.0 Å². The zero-order chi connectivity index (χ0) is 29.9. The molecule has 0 spiro atoms. The van der Waals surface area contributed by atoms with E-state index in [0.29, 0.717) is 28.5 Å². The molecule has 1 aliphatic carbocycles. The first-order valence-corrected chi connectivity index (χ1v) is 15.4. The van der Waals surface area contributed by atoms with E-state index in [-0.39, 0.29) is 28.4 Å². The van der Waals surface area contributed by atoms with Crippen molar-refractivity contribution in [1.29, 1.82) is 0 Å². The molecule has 0 bridgehead atoms. The number of aromatic nitrogens is 3. The Hall–Kier alpha value is -4.09. The molecule has 4 aromatic rings. The average Bonchev–Trinajstić information content (AvgIpc) is 2.95. The zero-order valence-electron chi connectivity index (χ0n) is 23.8. The highest BCUT2D eigenvalue weighted by atomic mass is 32.2. The van der Waals surface area contributed by atoms with E-state index in [9.17, 15) is 8.42 Å². The smallest absolute Gasteiger partial charge is 0.262 e. The summed E-state index contributed by atoms with van der Waals surface area (Å²) in [5.41, 5.74) is 7.47. The van der Waals surface area contributed by atoms with Gasteiger partial charge in [-0.2, -0.15) is 0 Å². The van der Waals surface area contributed by atoms with Crippen LogP contribution in [0.5, 0.6) is 11.5 Å². The van der Waals surface area contributed by atoms with Crippen LogP contribution in [0.25, 0.3) is 11.3 Å². The van der Waals surface area contributed by atoms with Gasteiger partial charge in [0, 0.05) is 36.7 Å². The van der Waals surface area contributed by atoms with Crippen LogP contribution in [0.2, 0.25) is 0 Å². The number of hydrogen-bond acceptors (Lipinski definition) is 8. The molecule has 0 radical (unpaired) electrons. The highest BCUT2D eigenvalue weighted by Gasteiger charge is 2.26. The molecule has 42 heavy (non-hydrogen) atoms. The van der Waals surface area contributed by atoms with Crippen LogP contribution in [0.15, 0.2) is 78.1 Å². The van der Waals surface area contributed by atoms with Crippen molar-refractivity contribution >= 4 is 21.7 Å². The molecule has 0 amide bonds. The van der Waals surface area contributed by atoms with Crippen molar-refractivity contribution in [1.82, 2.24) is 15.0 Å². The Labute approximate surface area is 245 Å². The first-order valence-electron chi connectivity index (χ1n) is 13.9. The number of hydrogen-bond donors (Lipinski definition) is 3. The lowest BCUT2D eigenvalue weighted by molar-refractivity contribution is 0.410. The molecule has 1 saturated carbocycles. The summed E-state index contributed by atoms with van der Waals surface area (Å²) in [5, 5.41) is 3.38. The van der Waals surface area contributed by atoms with Crippen molar-refractivity contribution in [3.05, 3.63) is 84.6 Å². The van der Waals surface area contributed by atoms with Gasteiger partial charge in [-0.05, 0) is 67.0 Å². The molecule has 2 heterocycles. The average molecular weight is 591 g/mol. The van der Waals surface area contributed by atoms with E-state index in [4.69, 9.17) is 10.5 Å². The largest absolute Gasteiger partial charge is 0.453 e. The standard InChI is InChI=1S/C31H35FN6O3S/c1-31(2,3)24-6-4-5-7-29(24)42(39,40)38-22-12-13-28(25(32)18-22)41-27-15-16-34-19-23(27)26-14-17-35-30(37-26)36-21-10-8-20(33)9-11-21/h4-7,12-21,38H,8-11,33H2,1-3H3,(H,35,36,37). The van der Waals surface area contributed by atoms with Gasteiger partial charge in [-0.15, -0.1) is 0 Å². The molecular formula is C31H35FN6O3S. The maximum atomic E-state index is 15.2. The van der Waals surface area contributed by atoms with Crippen LogP contribution in [-0.2, 0) is 15.4 Å². The van der Waals surface area contributed by atoms with E-state index < -0.39 is 21.3 Å². The second kappa shape index (κ2) is 12.0. The highest BCUT2D eigenvalue weighted by molar-refractivity contribution is 7.92. The second-order valence-corrected chi connectivity index (χ2v) is 13.1. The molecule has 4 N–H and O–H groups in total. The number of nitrogens with zero attached hydrogens (tertiary/aromatic N) is 3. The minimum atomic E-state index is -3.97. The molecule has 9 nitrogen and oxygen atoms in total. The molecule has 220 valence electrons. The summed E-state index contributed by atoms with van der Waals surface area (Å²) in [4.78, 5) is 13.3. The molecule has 0 aliphatic heterocycles. The Morgan fingerprint density at radius 3 is 2.48 bits per heavy atom. The predicted octanol–water partition coefficient (Wildman–Crippen LogP) is 6.25. The van der Waals surface area contributed by atoms with E-state index in [2.05, 4.69) is 25.0 Å². The Morgan fingerprint density at radius 1 is 0.976 bits per heavy atom. The van der Waals surface area contributed by atoms with Gasteiger partial charge in [-0.25, -0.2) is 22.8 Å². The first kappa shape index (κ1) is 29.4. The number of pyridine rings is 1. The number of sulfonamides is 1. The molecule has 5 rings (SSSR count). The minimum Gasteiger partial charge on any atom is -0.453 e. The molecule has 0 unspecified atom stereocenters. The first-order chi connectivity index (χ1) is 20.0. The monoisotopic (exact) mass is 590 g/mol. The topological polar surface area (TPSA) is 132 Å². The fourth-order valence-electron chi connectivity index (χ4n) is 4.98. The molecule has 11 heteroatoms. The van der Waals surface area contributed by atoms with Crippen LogP contribution < -0.4 is 20.5 Å². The number of benzene rings is 2. The summed E-state index contributed by atoms with van der Waals surface area (Å²) in [6.07, 6.45) is 8.58. The van der Waals surface area contributed by atoms with Crippen molar-refractivity contribution in [2.24, 2.45) is 5.73 Å². The SMILES string of the molecule is CC(C)(C)c1ccccc1S(=O)(=O)Nc1ccc(Oc2ccncc2-c2ccnc(NC3CCC(N)CC3)n2)c(F)c1. The van der Waals surface area contributed by atoms with Gasteiger partial charge in [0.1, 0.15) is 5.75 Å². The minimum absolute atomic E-state index is 0.0774. The molecular weight excluding hydrogens is 555 g/mol. The lowest BCUT2D eigenvalue weighted by Gasteiger charge is -2.26. The predicted molar refractivity (Wildman–Crippen MR) is 162 cm³/mol. The molecule has 0 saturated heterocycles. The van der Waals surface area contributed by atoms with Gasteiger partial charge >= 0.3 is 0 Å². The van der Waals surface area contributed by atoms with Crippen molar-refractivity contribution in [2.75, 3.05) is 10.0 Å². The van der Waals surface area contributed by atoms with Crippen molar-refractivity contribution in [2.45, 2.75) is 68.8 Å². The van der Waals surface area contributed by atoms with Gasteiger partial charge in [0.2, 0.25) is 5.95 Å². The van der Waals surface area contributed by atoms with E-state index in [1.54, 1.807) is 48.8 Å². The summed E-state index contributed by atoms with van der Waals surface area (Å²) in [7, 11) is -3.97. The third-order valence-corrected chi connectivity index (χ3v) is 8.65. The number of halogens is 1. The lowest BCUT2D eigenvalue weighted by atomic mass is 9.87. The van der Waals surface area contributed by atoms with Gasteiger partial charge in [0.25, 0.3) is 10.0 Å². The molecule has 1 fully saturated rings. The van der Waals surface area contributed by atoms with E-state index in [1.165, 1.54) is 18.3 Å². The third-order valence-electron chi connectivity index (χ3n) is 7.21. The van der Waals surface area contributed by atoms with Gasteiger partial charge in [-0.3, -0.25) is 9.71 Å². The summed E-state index contributed by atoms with van der Waals surface area (Å²) >= 11 is 0. The zero-order valence-corrected chi connectivity index (χ0v) is 24.7. The fraction of sp³-hybridized carbons (Fsp3) is 0.323. The van der Waals surface area contributed by atoms with Crippen molar-refractivity contribution in [3.8, 4) is 22.8 Å². The Morgan fingerprint density at radius 2 is 1.74 bits per heavy atom. The molecule has 2 aromatic heterocycles. The van der Waals surface area contributed by atoms with Crippen LogP contribution in [0, 0.1) is 5.82 Å². The van der Waals surface area contributed by atoms with E-state index in [1.807, 2.05) is 20.8 Å². The normalized spacial score (nSPS) is 17.5. The summed E-state index contributed by atoms with van der Waals surface area (Å²) < 4.78 is 50.1. The van der Waals surface area contributed by atoms with Gasteiger partial charge in [0.15, 0.2) is 11.6 Å². The van der Waals surface area contributed by atoms with Crippen LogP contribution in [-0.4, -0.2) is 35.5 Å². The van der Waals surface area contributed by atoms with Crippen LogP contribution in [0.3, 0.4) is 0 Å². The van der Waals surface area contributed by atoms with E-state index in [0.717, 1.165) is 31.7 Å². The Balaban J connectivity index is 1.34. The van der Waals surface area contributed by atoms with Crippen molar-refractivity contribution < 1.29 is 17.5 Å². The fourth-order valence-corrected chi connectivity index (χ4v) is 6.45. The third kappa shape index (κ3) is 6.85. The quantitative estimate of drug-likeness (QED) is 0.219. The van der Waals surface area contributed by atoms with Crippen LogP contribution in [0.1, 0.15) is 52.0 Å². The molecule has 0 atom stereocenters. The highest BCUT2D eigenvalue weighted by Crippen LogP contribution is 2.35. The van der Waals surface area contributed by atoms with Gasteiger partial charge < -0.3 is 15.8 Å². The second-order valence-electron chi connectivity index (χ2n) is 11.5. The summed E-state index contributed by atoms with van der Waals surface area (Å²) in [6.45, 7) is 5.81. The maximum absolute atomic E-state index is 15.2. The Kier molecular flexibility index (Phi) is 8.42. The number of ether oxygens (including phenoxy) is 1. The van der Waals surface area contributed by atoms with Gasteiger partial charge in [0.05, 0.1) is 21.8 Å². The summed E-state index contributed by atoms with van der Waals surface area (Å²) in [6, 6.07) is 14.6.